The number of benzene rings is 2. The molecule has 1 saturated heterocycles. The molecule has 2 N–H and O–H groups in total. The summed E-state index contributed by atoms with van der Waals surface area (Å²) >= 11 is 0. The Morgan fingerprint density at radius 2 is 1.81 bits per heavy atom. The van der Waals surface area contributed by atoms with Crippen LogP contribution < -0.4 is 10.0 Å². The quantitative estimate of drug-likeness (QED) is 0.818. The Balaban J connectivity index is 1.81. The molecule has 0 aromatic heterocycles. The van der Waals surface area contributed by atoms with Crippen molar-refractivity contribution in [1.29, 1.82) is 0 Å². The van der Waals surface area contributed by atoms with Crippen LogP contribution in [0.25, 0.3) is 0 Å². The number of hydrogen-bond acceptors (Lipinski definition) is 4. The lowest BCUT2D eigenvalue weighted by molar-refractivity contribution is -0.124. The molecular weight excluding hydrogens is 366 g/mol. The predicted molar refractivity (Wildman–Crippen MR) is 102 cm³/mol. The number of nitrogens with zero attached hydrogens (tertiary/aromatic N) is 1. The molecule has 1 aliphatic heterocycles. The zero-order valence-electron chi connectivity index (χ0n) is 14.9. The fourth-order valence-corrected chi connectivity index (χ4v) is 4.21. The van der Waals surface area contributed by atoms with Crippen molar-refractivity contribution in [1.82, 2.24) is 10.2 Å². The normalized spacial score (nSPS) is 16.8. The van der Waals surface area contributed by atoms with E-state index in [0.29, 0.717) is 24.2 Å². The van der Waals surface area contributed by atoms with Gasteiger partial charge in [-0.05, 0) is 43.2 Å². The van der Waals surface area contributed by atoms with Crippen molar-refractivity contribution in [2.45, 2.75) is 23.8 Å². The van der Waals surface area contributed by atoms with E-state index in [-0.39, 0.29) is 16.7 Å². The number of hydrogen-bond donors (Lipinski definition) is 2. The molecule has 0 spiro atoms. The highest BCUT2D eigenvalue weighted by Gasteiger charge is 2.34. The van der Waals surface area contributed by atoms with Gasteiger partial charge in [0.05, 0.1) is 4.90 Å². The maximum absolute atomic E-state index is 12.8. The zero-order chi connectivity index (χ0) is 19.4. The highest BCUT2D eigenvalue weighted by Crippen LogP contribution is 2.23. The van der Waals surface area contributed by atoms with E-state index in [1.54, 1.807) is 43.4 Å². The molecule has 0 saturated carbocycles. The highest BCUT2D eigenvalue weighted by molar-refractivity contribution is 7.92. The van der Waals surface area contributed by atoms with Gasteiger partial charge in [-0.3, -0.25) is 14.3 Å². The van der Waals surface area contributed by atoms with Gasteiger partial charge in [-0.1, -0.05) is 24.3 Å². The molecule has 142 valence electrons. The number of anilines is 1. The Morgan fingerprint density at radius 1 is 1.07 bits per heavy atom. The molecule has 1 atom stereocenters. The SMILES string of the molecule is CNC(=O)C1CCCN1C(=O)c1cccc(NS(=O)(=O)c2ccccc2)c1. The molecule has 2 aromatic carbocycles. The predicted octanol–water partition coefficient (Wildman–Crippen LogP) is 1.84. The Hall–Kier alpha value is -2.87. The van der Waals surface area contributed by atoms with Crippen molar-refractivity contribution in [2.24, 2.45) is 0 Å². The second kappa shape index (κ2) is 7.79. The summed E-state index contributed by atoms with van der Waals surface area (Å²) in [5.41, 5.74) is 0.624. The monoisotopic (exact) mass is 387 g/mol. The number of likely N-dealkylation sites (tertiary alicyclic amines) is 1. The van der Waals surface area contributed by atoms with Crippen LogP contribution in [0.3, 0.4) is 0 Å². The molecule has 1 heterocycles. The van der Waals surface area contributed by atoms with Crippen molar-refractivity contribution >= 4 is 27.5 Å². The third-order valence-corrected chi connectivity index (χ3v) is 5.88. The van der Waals surface area contributed by atoms with Crippen molar-refractivity contribution in [3.05, 3.63) is 60.2 Å². The molecule has 8 heteroatoms. The fraction of sp³-hybridized carbons (Fsp3) is 0.263. The average Bonchev–Trinajstić information content (AvgIpc) is 3.17. The average molecular weight is 387 g/mol. The largest absolute Gasteiger partial charge is 0.357 e. The maximum atomic E-state index is 12.8. The molecule has 1 aliphatic rings. The van der Waals surface area contributed by atoms with E-state index >= 15 is 0 Å². The van der Waals surface area contributed by atoms with Crippen LogP contribution >= 0.6 is 0 Å². The van der Waals surface area contributed by atoms with Gasteiger partial charge in [0.1, 0.15) is 6.04 Å². The van der Waals surface area contributed by atoms with Gasteiger partial charge in [-0.15, -0.1) is 0 Å². The number of sulfonamides is 1. The van der Waals surface area contributed by atoms with Crippen LogP contribution in [-0.2, 0) is 14.8 Å². The van der Waals surface area contributed by atoms with Crippen molar-refractivity contribution in [3.8, 4) is 0 Å². The van der Waals surface area contributed by atoms with Crippen molar-refractivity contribution in [3.63, 3.8) is 0 Å². The third-order valence-electron chi connectivity index (χ3n) is 4.48. The van der Waals surface area contributed by atoms with Gasteiger partial charge in [0.15, 0.2) is 0 Å². The first kappa shape index (κ1) is 18.9. The van der Waals surface area contributed by atoms with Crippen molar-refractivity contribution in [2.75, 3.05) is 18.3 Å². The molecule has 2 amide bonds. The molecule has 27 heavy (non-hydrogen) atoms. The first-order valence-corrected chi connectivity index (χ1v) is 10.1. The summed E-state index contributed by atoms with van der Waals surface area (Å²) in [5, 5.41) is 2.58. The van der Waals surface area contributed by atoms with Crippen LogP contribution in [0, 0.1) is 0 Å². The zero-order valence-corrected chi connectivity index (χ0v) is 15.7. The summed E-state index contributed by atoms with van der Waals surface area (Å²) in [6, 6.07) is 13.8. The van der Waals surface area contributed by atoms with Crippen molar-refractivity contribution < 1.29 is 18.0 Å². The summed E-state index contributed by atoms with van der Waals surface area (Å²) in [6.45, 7) is 0.497. The lowest BCUT2D eigenvalue weighted by atomic mass is 10.1. The van der Waals surface area contributed by atoms with Gasteiger partial charge in [-0.2, -0.15) is 0 Å². The van der Waals surface area contributed by atoms with E-state index < -0.39 is 16.1 Å². The molecule has 1 unspecified atom stereocenters. The van der Waals surface area contributed by atoms with Crippen LogP contribution in [0.5, 0.6) is 0 Å². The summed E-state index contributed by atoms with van der Waals surface area (Å²) in [5.74, 6) is -0.483. The molecule has 0 aliphatic carbocycles. The molecule has 3 rings (SSSR count). The molecule has 0 bridgehead atoms. The van der Waals surface area contributed by atoms with Gasteiger partial charge < -0.3 is 10.2 Å². The first-order chi connectivity index (χ1) is 12.9. The maximum Gasteiger partial charge on any atom is 0.261 e. The fourth-order valence-electron chi connectivity index (χ4n) is 3.14. The Morgan fingerprint density at radius 3 is 2.52 bits per heavy atom. The molecule has 1 fully saturated rings. The van der Waals surface area contributed by atoms with E-state index in [4.69, 9.17) is 0 Å². The number of carbonyl (C=O) groups is 2. The number of amides is 2. The number of nitrogens with one attached hydrogen (secondary N) is 2. The third kappa shape index (κ3) is 4.11. The summed E-state index contributed by atoms with van der Waals surface area (Å²) in [7, 11) is -2.20. The smallest absolute Gasteiger partial charge is 0.261 e. The molecule has 7 nitrogen and oxygen atoms in total. The number of carbonyl (C=O) groups excluding carboxylic acids is 2. The Kier molecular flexibility index (Phi) is 5.46. The summed E-state index contributed by atoms with van der Waals surface area (Å²) in [4.78, 5) is 26.5. The van der Waals surface area contributed by atoms with Gasteiger partial charge in [0, 0.05) is 24.8 Å². The van der Waals surface area contributed by atoms with Crippen LogP contribution in [0.2, 0.25) is 0 Å². The van der Waals surface area contributed by atoms with E-state index in [9.17, 15) is 18.0 Å². The second-order valence-electron chi connectivity index (χ2n) is 6.27. The lowest BCUT2D eigenvalue weighted by Gasteiger charge is -2.23. The second-order valence-corrected chi connectivity index (χ2v) is 7.95. The van der Waals surface area contributed by atoms with Gasteiger partial charge in [0.2, 0.25) is 5.91 Å². The minimum atomic E-state index is -3.74. The first-order valence-electron chi connectivity index (χ1n) is 8.63. The van der Waals surface area contributed by atoms with E-state index in [1.807, 2.05) is 0 Å². The van der Waals surface area contributed by atoms with Crippen LogP contribution in [0.1, 0.15) is 23.2 Å². The number of rotatable bonds is 5. The Labute approximate surface area is 158 Å². The minimum absolute atomic E-state index is 0.140. The van der Waals surface area contributed by atoms with Crippen LogP contribution in [-0.4, -0.2) is 44.8 Å². The van der Waals surface area contributed by atoms with Gasteiger partial charge in [-0.25, -0.2) is 8.42 Å². The summed E-state index contributed by atoms with van der Waals surface area (Å²) < 4.78 is 27.4. The van der Waals surface area contributed by atoms with E-state index in [2.05, 4.69) is 10.0 Å². The van der Waals surface area contributed by atoms with E-state index in [1.165, 1.54) is 23.1 Å². The van der Waals surface area contributed by atoms with E-state index in [0.717, 1.165) is 6.42 Å². The van der Waals surface area contributed by atoms with Crippen LogP contribution in [0.4, 0.5) is 5.69 Å². The number of likely N-dealkylation sites (N-methyl/N-ethyl adjacent to an activating group) is 1. The minimum Gasteiger partial charge on any atom is -0.357 e. The highest BCUT2D eigenvalue weighted by atomic mass is 32.2. The molecule has 0 radical (unpaired) electrons. The summed E-state index contributed by atoms with van der Waals surface area (Å²) in [6.07, 6.45) is 1.37. The molecule has 2 aromatic rings. The van der Waals surface area contributed by atoms with Gasteiger partial charge in [0.25, 0.3) is 15.9 Å². The lowest BCUT2D eigenvalue weighted by Crippen LogP contribution is -2.44. The molecular formula is C19H21N3O4S. The van der Waals surface area contributed by atoms with Gasteiger partial charge >= 0.3 is 0 Å². The standard InChI is InChI=1S/C19H21N3O4S/c1-20-18(23)17-11-6-12-22(17)19(24)14-7-5-8-15(13-14)21-27(25,26)16-9-3-2-4-10-16/h2-5,7-10,13,17,21H,6,11-12H2,1H3,(H,20,23). The Bertz CT molecular complexity index is 944. The topological polar surface area (TPSA) is 95.6 Å². The van der Waals surface area contributed by atoms with Crippen LogP contribution in [0.15, 0.2) is 59.5 Å².